The van der Waals surface area contributed by atoms with Gasteiger partial charge in [0.05, 0.1) is 12.2 Å². The summed E-state index contributed by atoms with van der Waals surface area (Å²) < 4.78 is 81.8. The number of piperazine rings is 1. The lowest BCUT2D eigenvalue weighted by Crippen LogP contribution is -2.48. The van der Waals surface area contributed by atoms with Crippen LogP contribution in [-0.4, -0.2) is 64.0 Å². The van der Waals surface area contributed by atoms with Crippen LogP contribution in [0.2, 0.25) is 0 Å². The molecule has 164 valence electrons. The van der Waals surface area contributed by atoms with Gasteiger partial charge in [-0.2, -0.15) is 8.99 Å². The van der Waals surface area contributed by atoms with E-state index in [0.717, 1.165) is 28.6 Å². The predicted molar refractivity (Wildman–Crippen MR) is 99.5 cm³/mol. The quantitative estimate of drug-likeness (QED) is 0.544. The van der Waals surface area contributed by atoms with Crippen LogP contribution in [0.1, 0.15) is 5.82 Å². The van der Waals surface area contributed by atoms with Crippen LogP contribution in [0.25, 0.3) is 5.69 Å². The fraction of sp³-hybridized carbons (Fsp3) is 0.278. The Labute approximate surface area is 174 Å². The third-order valence-electron chi connectivity index (χ3n) is 4.89. The van der Waals surface area contributed by atoms with Gasteiger partial charge >= 0.3 is 0 Å². The third-order valence-corrected chi connectivity index (χ3v) is 6.80. The van der Waals surface area contributed by atoms with Crippen LogP contribution in [-0.2, 0) is 16.6 Å². The van der Waals surface area contributed by atoms with E-state index in [9.17, 15) is 26.0 Å². The van der Waals surface area contributed by atoms with Crippen molar-refractivity contribution in [1.29, 1.82) is 0 Å². The maximum Gasteiger partial charge on any atom is 0.246 e. The molecule has 8 nitrogen and oxygen atoms in total. The first-order chi connectivity index (χ1) is 14.8. The van der Waals surface area contributed by atoms with Gasteiger partial charge in [-0.15, -0.1) is 5.10 Å². The average Bonchev–Trinajstić information content (AvgIpc) is 3.20. The van der Waals surface area contributed by atoms with Crippen molar-refractivity contribution >= 4 is 10.0 Å². The average molecular weight is 456 g/mol. The summed E-state index contributed by atoms with van der Waals surface area (Å²) in [6, 6.07) is 5.54. The molecule has 0 spiro atoms. The van der Waals surface area contributed by atoms with Gasteiger partial charge in [-0.25, -0.2) is 26.0 Å². The van der Waals surface area contributed by atoms with Gasteiger partial charge in [0.15, 0.2) is 17.5 Å². The highest BCUT2D eigenvalue weighted by Crippen LogP contribution is 2.22. The lowest BCUT2D eigenvalue weighted by Gasteiger charge is -2.33. The third kappa shape index (κ3) is 4.29. The molecule has 0 N–H and O–H groups in total. The van der Waals surface area contributed by atoms with Crippen LogP contribution in [0.5, 0.6) is 0 Å². The molecule has 4 rings (SSSR count). The highest BCUT2D eigenvalue weighted by atomic mass is 32.2. The first-order valence-electron chi connectivity index (χ1n) is 9.16. The molecule has 31 heavy (non-hydrogen) atoms. The Balaban J connectivity index is 1.45. The van der Waals surface area contributed by atoms with E-state index in [1.165, 1.54) is 10.7 Å². The molecule has 1 aromatic heterocycles. The van der Waals surface area contributed by atoms with E-state index in [1.54, 1.807) is 0 Å². The minimum Gasteiger partial charge on any atom is -0.293 e. The van der Waals surface area contributed by atoms with Crippen LogP contribution >= 0.6 is 0 Å². The maximum absolute atomic E-state index is 13.9. The summed E-state index contributed by atoms with van der Waals surface area (Å²) in [4.78, 5) is 1.15. The highest BCUT2D eigenvalue weighted by molar-refractivity contribution is 7.89. The second kappa shape index (κ2) is 8.32. The number of sulfonamides is 1. The van der Waals surface area contributed by atoms with Gasteiger partial charge in [-0.3, -0.25) is 4.90 Å². The predicted octanol–water partition coefficient (Wildman–Crippen LogP) is 1.73. The number of benzene rings is 2. The Morgan fingerprint density at radius 3 is 2.29 bits per heavy atom. The molecule has 1 fully saturated rings. The molecule has 3 aromatic rings. The Bertz CT molecular complexity index is 1210. The van der Waals surface area contributed by atoms with Gasteiger partial charge < -0.3 is 0 Å². The number of halogens is 4. The molecule has 1 aliphatic heterocycles. The zero-order valence-electron chi connectivity index (χ0n) is 15.9. The lowest BCUT2D eigenvalue weighted by atomic mass is 10.3. The molecule has 2 heterocycles. The fourth-order valence-electron chi connectivity index (χ4n) is 3.26. The highest BCUT2D eigenvalue weighted by Gasteiger charge is 2.31. The fourth-order valence-corrected chi connectivity index (χ4v) is 4.76. The van der Waals surface area contributed by atoms with Gasteiger partial charge in [-0.05, 0) is 40.8 Å². The monoisotopic (exact) mass is 456 g/mol. The lowest BCUT2D eigenvalue weighted by molar-refractivity contribution is 0.176. The summed E-state index contributed by atoms with van der Waals surface area (Å²) in [6.45, 7) is 0.867. The van der Waals surface area contributed by atoms with Crippen molar-refractivity contribution in [3.05, 3.63) is 65.5 Å². The zero-order chi connectivity index (χ0) is 22.2. The van der Waals surface area contributed by atoms with Crippen molar-refractivity contribution in [3.8, 4) is 5.69 Å². The molecule has 0 radical (unpaired) electrons. The van der Waals surface area contributed by atoms with E-state index in [2.05, 4.69) is 15.5 Å². The van der Waals surface area contributed by atoms with Gasteiger partial charge in [0, 0.05) is 32.2 Å². The summed E-state index contributed by atoms with van der Waals surface area (Å²) in [6.07, 6.45) is 0. The number of hydrogen-bond donors (Lipinski definition) is 0. The molecule has 13 heteroatoms. The summed E-state index contributed by atoms with van der Waals surface area (Å²) >= 11 is 0. The van der Waals surface area contributed by atoms with Crippen molar-refractivity contribution in [2.45, 2.75) is 11.4 Å². The summed E-state index contributed by atoms with van der Waals surface area (Å²) in [5.41, 5.74) is 0.238. The maximum atomic E-state index is 13.9. The number of nitrogens with zero attached hydrogens (tertiary/aromatic N) is 6. The normalized spacial score (nSPS) is 16.0. The second-order valence-electron chi connectivity index (χ2n) is 6.86. The van der Waals surface area contributed by atoms with Crippen LogP contribution in [0.4, 0.5) is 17.6 Å². The Kier molecular flexibility index (Phi) is 5.73. The number of tetrazole rings is 1. The SMILES string of the molecule is O=S(=O)(c1cc(F)ccc1F)N1CCN(Cc2nnnn2-c2ccc(F)c(F)c2)CC1. The van der Waals surface area contributed by atoms with E-state index in [-0.39, 0.29) is 38.4 Å². The van der Waals surface area contributed by atoms with Crippen LogP contribution < -0.4 is 0 Å². The van der Waals surface area contributed by atoms with Crippen molar-refractivity contribution in [2.75, 3.05) is 26.2 Å². The standard InChI is InChI=1S/C18H16F4N6O2S/c19-12-1-3-15(21)17(9-12)31(29,30)27-7-5-26(6-8-27)11-18-23-24-25-28(18)13-2-4-14(20)16(22)10-13/h1-4,9-10H,5-8,11H2. The molecular formula is C18H16F4N6O2S. The molecule has 1 aliphatic rings. The molecule has 0 atom stereocenters. The number of aromatic nitrogens is 4. The van der Waals surface area contributed by atoms with E-state index in [0.29, 0.717) is 11.9 Å². The van der Waals surface area contributed by atoms with Gasteiger partial charge in [-0.1, -0.05) is 0 Å². The molecule has 1 saturated heterocycles. The largest absolute Gasteiger partial charge is 0.293 e. The molecule has 0 bridgehead atoms. The van der Waals surface area contributed by atoms with E-state index in [4.69, 9.17) is 0 Å². The van der Waals surface area contributed by atoms with E-state index < -0.39 is 38.2 Å². The Morgan fingerprint density at radius 1 is 0.871 bits per heavy atom. The molecule has 0 saturated carbocycles. The summed E-state index contributed by atoms with van der Waals surface area (Å²) in [5, 5.41) is 11.3. The van der Waals surface area contributed by atoms with Crippen LogP contribution in [0.15, 0.2) is 41.3 Å². The minimum absolute atomic E-state index is 0.0467. The first-order valence-corrected chi connectivity index (χ1v) is 10.6. The van der Waals surface area contributed by atoms with E-state index in [1.807, 2.05) is 4.90 Å². The van der Waals surface area contributed by atoms with Gasteiger partial charge in [0.2, 0.25) is 10.0 Å². The number of hydrogen-bond acceptors (Lipinski definition) is 6. The van der Waals surface area contributed by atoms with Crippen molar-refractivity contribution < 1.29 is 26.0 Å². The van der Waals surface area contributed by atoms with Gasteiger partial charge in [0.1, 0.15) is 16.5 Å². The topological polar surface area (TPSA) is 84.2 Å². The first kappa shape index (κ1) is 21.3. The van der Waals surface area contributed by atoms with Crippen LogP contribution in [0, 0.1) is 23.3 Å². The van der Waals surface area contributed by atoms with Crippen molar-refractivity contribution in [3.63, 3.8) is 0 Å². The second-order valence-corrected chi connectivity index (χ2v) is 8.77. The van der Waals surface area contributed by atoms with Gasteiger partial charge in [0.25, 0.3) is 0 Å². The summed E-state index contributed by atoms with van der Waals surface area (Å²) in [7, 11) is -4.19. The molecular weight excluding hydrogens is 440 g/mol. The smallest absolute Gasteiger partial charge is 0.246 e. The van der Waals surface area contributed by atoms with Crippen molar-refractivity contribution in [2.24, 2.45) is 0 Å². The molecule has 2 aromatic carbocycles. The Morgan fingerprint density at radius 2 is 1.58 bits per heavy atom. The molecule has 0 unspecified atom stereocenters. The molecule has 0 amide bonds. The van der Waals surface area contributed by atoms with Crippen molar-refractivity contribution in [1.82, 2.24) is 29.4 Å². The zero-order valence-corrected chi connectivity index (χ0v) is 16.7. The number of rotatable bonds is 5. The summed E-state index contributed by atoms with van der Waals surface area (Å²) in [5.74, 6) is -3.55. The van der Waals surface area contributed by atoms with E-state index >= 15 is 0 Å². The van der Waals surface area contributed by atoms with Crippen LogP contribution in [0.3, 0.4) is 0 Å². The minimum atomic E-state index is -4.19. The molecule has 0 aliphatic carbocycles. The Hall–Kier alpha value is -2.90.